The van der Waals surface area contributed by atoms with Gasteiger partial charge < -0.3 is 10.6 Å². The predicted molar refractivity (Wildman–Crippen MR) is 90.1 cm³/mol. The molecule has 2 N–H and O–H groups in total. The topological polar surface area (TPSA) is 63.4 Å². The fourth-order valence-corrected chi connectivity index (χ4v) is 2.82. The van der Waals surface area contributed by atoms with Gasteiger partial charge in [0.2, 0.25) is 5.91 Å². The first kappa shape index (κ1) is 20.5. The van der Waals surface area contributed by atoms with E-state index in [-0.39, 0.29) is 48.2 Å². The largest absolute Gasteiger partial charge is 0.342 e. The molecule has 0 aliphatic carbocycles. The molecule has 24 heavy (non-hydrogen) atoms. The van der Waals surface area contributed by atoms with Gasteiger partial charge in [0, 0.05) is 38.0 Å². The second kappa shape index (κ2) is 8.03. The number of hydrogen-bond donors (Lipinski definition) is 1. The lowest BCUT2D eigenvalue weighted by Gasteiger charge is -2.42. The quantitative estimate of drug-likeness (QED) is 0.840. The summed E-state index contributed by atoms with van der Waals surface area (Å²) in [4.78, 5) is 25.9. The molecule has 1 aromatic rings. The summed E-state index contributed by atoms with van der Waals surface area (Å²) in [5.41, 5.74) is 5.69. The number of piperidine rings is 1. The SMILES string of the molecule is CC1(C)CN(C(=O)CCC(=O)c2ccc(F)cc2F)CCC1N.Cl. The van der Waals surface area contributed by atoms with Crippen LogP contribution in [0.1, 0.15) is 43.5 Å². The average molecular weight is 361 g/mol. The molecule has 1 aromatic carbocycles. The number of rotatable bonds is 4. The zero-order valence-electron chi connectivity index (χ0n) is 13.9. The van der Waals surface area contributed by atoms with E-state index in [1.54, 1.807) is 4.90 Å². The monoisotopic (exact) mass is 360 g/mol. The van der Waals surface area contributed by atoms with Gasteiger partial charge >= 0.3 is 0 Å². The minimum atomic E-state index is -0.896. The van der Waals surface area contributed by atoms with E-state index in [1.165, 1.54) is 0 Å². The maximum atomic E-state index is 13.6. The molecule has 4 nitrogen and oxygen atoms in total. The van der Waals surface area contributed by atoms with E-state index in [2.05, 4.69) is 0 Å². The Morgan fingerprint density at radius 3 is 2.54 bits per heavy atom. The number of carbonyl (C=O) groups is 2. The molecule has 1 amide bonds. The van der Waals surface area contributed by atoms with Gasteiger partial charge in [-0.05, 0) is 24.0 Å². The molecule has 1 unspecified atom stereocenters. The summed E-state index contributed by atoms with van der Waals surface area (Å²) in [5, 5.41) is 0. The van der Waals surface area contributed by atoms with Gasteiger partial charge in [-0.1, -0.05) is 13.8 Å². The average Bonchev–Trinajstić information content (AvgIpc) is 2.47. The van der Waals surface area contributed by atoms with Crippen LogP contribution >= 0.6 is 12.4 Å². The third-order valence-corrected chi connectivity index (χ3v) is 4.46. The van der Waals surface area contributed by atoms with Crippen molar-refractivity contribution in [2.24, 2.45) is 11.1 Å². The van der Waals surface area contributed by atoms with Crippen LogP contribution in [-0.4, -0.2) is 35.7 Å². The third-order valence-electron chi connectivity index (χ3n) is 4.46. The molecule has 1 aliphatic rings. The van der Waals surface area contributed by atoms with E-state index >= 15 is 0 Å². The van der Waals surface area contributed by atoms with Crippen LogP contribution in [0.3, 0.4) is 0 Å². The van der Waals surface area contributed by atoms with Gasteiger partial charge in [0.05, 0.1) is 5.56 Å². The van der Waals surface area contributed by atoms with Crippen LogP contribution in [0.4, 0.5) is 8.78 Å². The lowest BCUT2D eigenvalue weighted by molar-refractivity contribution is -0.134. The summed E-state index contributed by atoms with van der Waals surface area (Å²) < 4.78 is 26.4. The van der Waals surface area contributed by atoms with Crippen LogP contribution in [0, 0.1) is 17.0 Å². The second-order valence-corrected chi connectivity index (χ2v) is 6.75. The molecular formula is C17H23ClF2N2O2. The number of hydrogen-bond acceptors (Lipinski definition) is 3. The summed E-state index contributed by atoms with van der Waals surface area (Å²) in [6.07, 6.45) is 0.643. The van der Waals surface area contributed by atoms with Crippen LogP contribution in [0.5, 0.6) is 0 Å². The smallest absolute Gasteiger partial charge is 0.223 e. The number of likely N-dealkylation sites (tertiary alicyclic amines) is 1. The first-order valence-corrected chi connectivity index (χ1v) is 7.72. The first-order valence-electron chi connectivity index (χ1n) is 7.72. The van der Waals surface area contributed by atoms with Crippen molar-refractivity contribution in [3.8, 4) is 0 Å². The first-order chi connectivity index (χ1) is 10.7. The van der Waals surface area contributed by atoms with Gasteiger partial charge in [-0.3, -0.25) is 9.59 Å². The highest BCUT2D eigenvalue weighted by atomic mass is 35.5. The lowest BCUT2D eigenvalue weighted by Crippen LogP contribution is -2.54. The van der Waals surface area contributed by atoms with Gasteiger partial charge in [0.15, 0.2) is 5.78 Å². The number of Topliss-reactive ketones (excluding diaryl/α,β-unsaturated/α-hetero) is 1. The van der Waals surface area contributed by atoms with Crippen LogP contribution in [0.2, 0.25) is 0 Å². The molecule has 1 atom stereocenters. The van der Waals surface area contributed by atoms with Gasteiger partial charge in [0.25, 0.3) is 0 Å². The Bertz CT molecular complexity index is 623. The van der Waals surface area contributed by atoms with Crippen LogP contribution < -0.4 is 5.73 Å². The van der Waals surface area contributed by atoms with Gasteiger partial charge in [-0.15, -0.1) is 12.4 Å². The van der Waals surface area contributed by atoms with Crippen molar-refractivity contribution in [1.82, 2.24) is 4.90 Å². The maximum absolute atomic E-state index is 13.6. The van der Waals surface area contributed by atoms with Crippen molar-refractivity contribution >= 4 is 24.1 Å². The van der Waals surface area contributed by atoms with Gasteiger partial charge in [0.1, 0.15) is 11.6 Å². The van der Waals surface area contributed by atoms with Crippen LogP contribution in [0.15, 0.2) is 18.2 Å². The molecule has 7 heteroatoms. The summed E-state index contributed by atoms with van der Waals surface area (Å²) in [7, 11) is 0. The predicted octanol–water partition coefficient (Wildman–Crippen LogP) is 2.94. The standard InChI is InChI=1S/C17H22F2N2O2.ClH/c1-17(2)10-21(8-7-15(17)20)16(23)6-5-14(22)12-4-3-11(18)9-13(12)19;/h3-4,9,15H,5-8,10,20H2,1-2H3;1H. The van der Waals surface area contributed by atoms with Crippen molar-refractivity contribution < 1.29 is 18.4 Å². The Balaban J connectivity index is 0.00000288. The fourth-order valence-electron chi connectivity index (χ4n) is 2.82. The van der Waals surface area contributed by atoms with E-state index in [0.717, 1.165) is 18.6 Å². The zero-order valence-corrected chi connectivity index (χ0v) is 14.7. The van der Waals surface area contributed by atoms with Crippen LogP contribution in [0.25, 0.3) is 0 Å². The molecule has 0 bridgehead atoms. The van der Waals surface area contributed by atoms with Crippen molar-refractivity contribution in [1.29, 1.82) is 0 Å². The van der Waals surface area contributed by atoms with E-state index in [0.29, 0.717) is 19.2 Å². The Labute approximate surface area is 146 Å². The minimum absolute atomic E-state index is 0. The van der Waals surface area contributed by atoms with Crippen molar-refractivity contribution in [2.75, 3.05) is 13.1 Å². The van der Waals surface area contributed by atoms with E-state index < -0.39 is 17.4 Å². The van der Waals surface area contributed by atoms with Crippen LogP contribution in [-0.2, 0) is 4.79 Å². The molecule has 1 aliphatic heterocycles. The Kier molecular flexibility index (Phi) is 6.86. The fraction of sp³-hybridized carbons (Fsp3) is 0.529. The number of halogens is 3. The normalized spacial score (nSPS) is 19.5. The zero-order chi connectivity index (χ0) is 17.2. The maximum Gasteiger partial charge on any atom is 0.223 e. The summed E-state index contributed by atoms with van der Waals surface area (Å²) in [6.45, 7) is 5.14. The number of ketones is 1. The molecular weight excluding hydrogens is 338 g/mol. The molecule has 1 fully saturated rings. The molecule has 0 radical (unpaired) electrons. The number of benzene rings is 1. The molecule has 0 spiro atoms. The highest BCUT2D eigenvalue weighted by Gasteiger charge is 2.35. The highest BCUT2D eigenvalue weighted by Crippen LogP contribution is 2.28. The summed E-state index contributed by atoms with van der Waals surface area (Å²) in [5.74, 6) is -2.26. The lowest BCUT2D eigenvalue weighted by atomic mass is 9.79. The molecule has 0 aromatic heterocycles. The number of nitrogens with zero attached hydrogens (tertiary/aromatic N) is 1. The highest BCUT2D eigenvalue weighted by molar-refractivity contribution is 5.98. The molecule has 0 saturated carbocycles. The van der Waals surface area contributed by atoms with E-state index in [4.69, 9.17) is 5.73 Å². The van der Waals surface area contributed by atoms with E-state index in [1.807, 2.05) is 13.8 Å². The number of amides is 1. The third kappa shape index (κ3) is 4.74. The minimum Gasteiger partial charge on any atom is -0.342 e. The Morgan fingerprint density at radius 2 is 1.96 bits per heavy atom. The van der Waals surface area contributed by atoms with Crippen molar-refractivity contribution in [3.63, 3.8) is 0 Å². The summed E-state index contributed by atoms with van der Waals surface area (Å²) in [6, 6.07) is 2.86. The summed E-state index contributed by atoms with van der Waals surface area (Å²) >= 11 is 0. The van der Waals surface area contributed by atoms with E-state index in [9.17, 15) is 18.4 Å². The molecule has 1 heterocycles. The number of carbonyl (C=O) groups excluding carboxylic acids is 2. The van der Waals surface area contributed by atoms with Crippen molar-refractivity contribution in [2.45, 2.75) is 39.2 Å². The second-order valence-electron chi connectivity index (χ2n) is 6.75. The Hall–Kier alpha value is -1.53. The van der Waals surface area contributed by atoms with Gasteiger partial charge in [-0.25, -0.2) is 8.78 Å². The van der Waals surface area contributed by atoms with Crippen molar-refractivity contribution in [3.05, 3.63) is 35.4 Å². The van der Waals surface area contributed by atoms with Gasteiger partial charge in [-0.2, -0.15) is 0 Å². The molecule has 1 saturated heterocycles. The molecule has 2 rings (SSSR count). The Morgan fingerprint density at radius 1 is 1.29 bits per heavy atom. The number of nitrogens with two attached hydrogens (primary N) is 1. The molecule has 134 valence electrons.